The minimum atomic E-state index is -0.723. The Morgan fingerprint density at radius 2 is 1.29 bits per heavy atom. The zero-order chi connectivity index (χ0) is 29.2. The molecule has 7 heteroatoms. The summed E-state index contributed by atoms with van der Waals surface area (Å²) in [7, 11) is 1.59. The van der Waals surface area contributed by atoms with Gasteiger partial charge in [0, 0.05) is 31.9 Å². The van der Waals surface area contributed by atoms with Crippen molar-refractivity contribution in [2.45, 2.75) is 24.5 Å². The van der Waals surface area contributed by atoms with Gasteiger partial charge >= 0.3 is 0 Å². The Bertz CT molecular complexity index is 1380. The van der Waals surface area contributed by atoms with Gasteiger partial charge in [0.15, 0.2) is 0 Å². The van der Waals surface area contributed by atoms with Gasteiger partial charge in [0.05, 0.1) is 13.2 Å². The van der Waals surface area contributed by atoms with E-state index in [0.29, 0.717) is 19.6 Å². The number of nitrogens with zero attached hydrogens (tertiary/aromatic N) is 1. The lowest BCUT2D eigenvalue weighted by Crippen LogP contribution is -2.48. The maximum absolute atomic E-state index is 12.9. The third kappa shape index (κ3) is 6.37. The van der Waals surface area contributed by atoms with Crippen LogP contribution in [0.2, 0.25) is 0 Å². The van der Waals surface area contributed by atoms with Gasteiger partial charge in [0.2, 0.25) is 11.8 Å². The first kappa shape index (κ1) is 28.6. The minimum Gasteiger partial charge on any atom is -0.370 e. The Labute approximate surface area is 247 Å². The number of rotatable bonds is 12. The normalized spacial score (nSPS) is 13.5. The van der Waals surface area contributed by atoms with Crippen molar-refractivity contribution in [1.82, 2.24) is 26.2 Å². The zero-order valence-electron chi connectivity index (χ0n) is 23.8. The largest absolute Gasteiger partial charge is 0.370 e. The fourth-order valence-electron chi connectivity index (χ4n) is 5.61. The third-order valence-electron chi connectivity index (χ3n) is 7.57. The van der Waals surface area contributed by atoms with Crippen molar-refractivity contribution in [3.8, 4) is 0 Å². The maximum atomic E-state index is 12.9. The van der Waals surface area contributed by atoms with Gasteiger partial charge in [-0.05, 0) is 22.3 Å². The van der Waals surface area contributed by atoms with E-state index in [1.165, 1.54) is 0 Å². The minimum absolute atomic E-state index is 0.111. The van der Waals surface area contributed by atoms with Crippen LogP contribution < -0.4 is 21.3 Å². The molecule has 0 radical (unpaired) electrons. The van der Waals surface area contributed by atoms with Crippen LogP contribution >= 0.6 is 0 Å². The second kappa shape index (κ2) is 13.7. The third-order valence-corrected chi connectivity index (χ3v) is 7.57. The Morgan fingerprint density at radius 3 is 1.79 bits per heavy atom. The van der Waals surface area contributed by atoms with Gasteiger partial charge in [-0.15, -0.1) is 0 Å². The molecule has 4 N–H and O–H groups in total. The zero-order valence-corrected chi connectivity index (χ0v) is 23.8. The summed E-state index contributed by atoms with van der Waals surface area (Å²) in [6, 6.07) is 40.6. The van der Waals surface area contributed by atoms with E-state index in [0.717, 1.165) is 28.0 Å². The second-order valence-corrected chi connectivity index (χ2v) is 10.3. The average molecular weight is 560 g/mol. The van der Waals surface area contributed by atoms with Crippen LogP contribution in [-0.2, 0) is 21.7 Å². The first-order chi connectivity index (χ1) is 20.6. The predicted octanol–water partition coefficient (Wildman–Crippen LogP) is 4.09. The van der Waals surface area contributed by atoms with Crippen molar-refractivity contribution in [1.29, 1.82) is 0 Å². The van der Waals surface area contributed by atoms with Crippen molar-refractivity contribution in [2.24, 2.45) is 0 Å². The fraction of sp³-hybridized carbons (Fsp3) is 0.200. The van der Waals surface area contributed by atoms with E-state index in [-0.39, 0.29) is 18.4 Å². The Balaban J connectivity index is 1.40. The van der Waals surface area contributed by atoms with E-state index in [1.807, 2.05) is 48.5 Å². The lowest BCUT2D eigenvalue weighted by atomic mass is 9.76. The molecule has 1 aliphatic heterocycles. The monoisotopic (exact) mass is 559 g/mol. The standard InChI is InChI=1S/C35H37N5O2/c1-36-34(42)32(39-33(41)24-37-23-27-14-6-2-7-15-27)22-31-25-40(26-38-31)35(28-16-8-3-9-17-28,29-18-10-4-11-19-29)30-20-12-5-13-21-30/h2-21,25,32,37-38H,22-24,26H2,1H3,(H,36,42)(H,39,41)/t32-/m0/s1. The molecule has 0 bridgehead atoms. The fourth-order valence-corrected chi connectivity index (χ4v) is 5.61. The molecule has 1 aliphatic rings. The molecule has 1 atom stereocenters. The number of nitrogens with one attached hydrogen (secondary N) is 4. The second-order valence-electron chi connectivity index (χ2n) is 10.3. The number of likely N-dealkylation sites (N-methyl/N-ethyl adjacent to an activating group) is 1. The summed E-state index contributed by atoms with van der Waals surface area (Å²) >= 11 is 0. The average Bonchev–Trinajstić information content (AvgIpc) is 3.51. The maximum Gasteiger partial charge on any atom is 0.242 e. The quantitative estimate of drug-likeness (QED) is 0.197. The van der Waals surface area contributed by atoms with Crippen LogP contribution in [0.5, 0.6) is 0 Å². The number of benzene rings is 4. The molecule has 0 spiro atoms. The van der Waals surface area contributed by atoms with Gasteiger partial charge in [0.25, 0.3) is 0 Å². The molecule has 4 aromatic carbocycles. The summed E-state index contributed by atoms with van der Waals surface area (Å²) in [6.07, 6.45) is 2.41. The number of carbonyl (C=O) groups is 2. The highest BCUT2D eigenvalue weighted by Crippen LogP contribution is 2.43. The molecule has 0 aliphatic carbocycles. The van der Waals surface area contributed by atoms with Gasteiger partial charge in [0.1, 0.15) is 11.6 Å². The molecule has 0 fully saturated rings. The van der Waals surface area contributed by atoms with Gasteiger partial charge in [-0.25, -0.2) is 0 Å². The van der Waals surface area contributed by atoms with Gasteiger partial charge in [-0.3, -0.25) is 9.59 Å². The van der Waals surface area contributed by atoms with Crippen LogP contribution in [0.4, 0.5) is 0 Å². The lowest BCUT2D eigenvalue weighted by Gasteiger charge is -2.43. The highest BCUT2D eigenvalue weighted by molar-refractivity contribution is 5.88. The number of carbonyl (C=O) groups excluding carboxylic acids is 2. The summed E-state index contributed by atoms with van der Waals surface area (Å²) in [5.74, 6) is -0.477. The number of hydrogen-bond acceptors (Lipinski definition) is 5. The lowest BCUT2D eigenvalue weighted by molar-refractivity contribution is -0.128. The Kier molecular flexibility index (Phi) is 9.31. The van der Waals surface area contributed by atoms with Gasteiger partial charge < -0.3 is 26.2 Å². The first-order valence-electron chi connectivity index (χ1n) is 14.2. The molecule has 4 aromatic rings. The molecule has 214 valence electrons. The SMILES string of the molecule is CNC(=O)[C@H](CC1=CN(C(c2ccccc2)(c2ccccc2)c2ccccc2)CN1)NC(=O)CNCc1ccccc1. The van der Waals surface area contributed by atoms with Crippen LogP contribution in [0.25, 0.3) is 0 Å². The van der Waals surface area contributed by atoms with Gasteiger partial charge in [-0.2, -0.15) is 0 Å². The highest BCUT2D eigenvalue weighted by Gasteiger charge is 2.42. The van der Waals surface area contributed by atoms with E-state index in [4.69, 9.17) is 0 Å². The Morgan fingerprint density at radius 1 is 0.786 bits per heavy atom. The van der Waals surface area contributed by atoms with Crippen molar-refractivity contribution >= 4 is 11.8 Å². The number of amides is 2. The molecule has 7 nitrogen and oxygen atoms in total. The van der Waals surface area contributed by atoms with Crippen molar-refractivity contribution in [3.05, 3.63) is 155 Å². The molecular formula is C35H37N5O2. The van der Waals surface area contributed by atoms with Crippen LogP contribution in [-0.4, -0.2) is 43.0 Å². The van der Waals surface area contributed by atoms with Crippen LogP contribution in [0.15, 0.2) is 133 Å². The summed E-state index contributed by atoms with van der Waals surface area (Å²) in [4.78, 5) is 28.0. The van der Waals surface area contributed by atoms with Crippen molar-refractivity contribution in [3.63, 3.8) is 0 Å². The molecule has 42 heavy (non-hydrogen) atoms. The van der Waals surface area contributed by atoms with E-state index in [2.05, 4.69) is 105 Å². The summed E-state index contributed by atoms with van der Waals surface area (Å²) < 4.78 is 0. The Hall–Kier alpha value is -4.88. The van der Waals surface area contributed by atoms with Crippen LogP contribution in [0.1, 0.15) is 28.7 Å². The first-order valence-corrected chi connectivity index (χ1v) is 14.2. The van der Waals surface area contributed by atoms with E-state index >= 15 is 0 Å². The highest BCUT2D eigenvalue weighted by atomic mass is 16.2. The molecule has 1 heterocycles. The van der Waals surface area contributed by atoms with Crippen molar-refractivity contribution in [2.75, 3.05) is 20.3 Å². The van der Waals surface area contributed by atoms with Crippen molar-refractivity contribution < 1.29 is 9.59 Å². The molecule has 0 aromatic heterocycles. The smallest absolute Gasteiger partial charge is 0.242 e. The molecule has 0 saturated carbocycles. The van der Waals surface area contributed by atoms with E-state index in [1.54, 1.807) is 7.05 Å². The molecular weight excluding hydrogens is 522 g/mol. The topological polar surface area (TPSA) is 85.5 Å². The summed E-state index contributed by atoms with van der Waals surface area (Å²) in [6.45, 7) is 1.21. The molecule has 0 saturated heterocycles. The van der Waals surface area contributed by atoms with Gasteiger partial charge in [-0.1, -0.05) is 121 Å². The van der Waals surface area contributed by atoms with Crippen LogP contribution in [0, 0.1) is 0 Å². The molecule has 5 rings (SSSR count). The molecule has 0 unspecified atom stereocenters. The predicted molar refractivity (Wildman–Crippen MR) is 166 cm³/mol. The van der Waals surface area contributed by atoms with Crippen LogP contribution in [0.3, 0.4) is 0 Å². The van der Waals surface area contributed by atoms with E-state index in [9.17, 15) is 9.59 Å². The van der Waals surface area contributed by atoms with E-state index < -0.39 is 11.6 Å². The summed E-state index contributed by atoms with van der Waals surface area (Å²) in [5.41, 5.74) is 4.72. The summed E-state index contributed by atoms with van der Waals surface area (Å²) in [5, 5.41) is 12.3. The number of hydrogen-bond donors (Lipinski definition) is 4. The molecule has 2 amide bonds.